The fraction of sp³-hybridized carbons (Fsp3) is 0.286. The quantitative estimate of drug-likeness (QED) is 0.716. The van der Waals surface area contributed by atoms with Crippen molar-refractivity contribution in [2.24, 2.45) is 0 Å². The first-order valence-corrected chi connectivity index (χ1v) is 9.62. The van der Waals surface area contributed by atoms with Gasteiger partial charge in [0.05, 0.1) is 11.4 Å². The van der Waals surface area contributed by atoms with E-state index in [9.17, 15) is 14.3 Å². The lowest BCUT2D eigenvalue weighted by Crippen LogP contribution is -2.47. The number of anilines is 2. The molecule has 4 rings (SSSR count). The van der Waals surface area contributed by atoms with E-state index in [0.29, 0.717) is 37.7 Å². The van der Waals surface area contributed by atoms with Crippen LogP contribution in [0.4, 0.5) is 15.9 Å². The number of carboxylic acid groups (broad SMARTS) is 1. The molecule has 0 spiro atoms. The highest BCUT2D eigenvalue weighted by atomic mass is 19.1. The normalized spacial score (nSPS) is 14.3. The molecular formula is C21H22FN5O2. The average molecular weight is 395 g/mol. The number of piperazine rings is 1. The van der Waals surface area contributed by atoms with Gasteiger partial charge in [0, 0.05) is 26.2 Å². The van der Waals surface area contributed by atoms with E-state index in [1.165, 1.54) is 10.9 Å². The zero-order chi connectivity index (χ0) is 20.4. The van der Waals surface area contributed by atoms with Crippen molar-refractivity contribution in [2.75, 3.05) is 36.0 Å². The molecule has 8 heteroatoms. The molecule has 1 aliphatic heterocycles. The molecule has 0 saturated carbocycles. The summed E-state index contributed by atoms with van der Waals surface area (Å²) in [6, 6.07) is 14.4. The standard InChI is InChI=1S/C21H22FN5O2/c1-2-15-7-3-5-9-17(15)27-23-19(21(28)29)20(24-27)26-13-11-25(12-14-26)18-10-6-4-8-16(18)22/h3-10H,2,11-14H2,1H3,(H,28,29). The number of nitrogens with zero attached hydrogens (tertiary/aromatic N) is 5. The largest absolute Gasteiger partial charge is 0.476 e. The van der Waals surface area contributed by atoms with Crippen molar-refractivity contribution in [1.29, 1.82) is 0 Å². The predicted octanol–water partition coefficient (Wildman–Crippen LogP) is 2.99. The molecule has 0 radical (unpaired) electrons. The van der Waals surface area contributed by atoms with E-state index in [4.69, 9.17) is 0 Å². The van der Waals surface area contributed by atoms with Crippen LogP contribution >= 0.6 is 0 Å². The average Bonchev–Trinajstić information content (AvgIpc) is 3.20. The number of carboxylic acids is 1. The van der Waals surface area contributed by atoms with Gasteiger partial charge in [-0.1, -0.05) is 37.3 Å². The summed E-state index contributed by atoms with van der Waals surface area (Å²) in [6.07, 6.45) is 0.788. The van der Waals surface area contributed by atoms with Crippen molar-refractivity contribution < 1.29 is 14.3 Å². The Hall–Kier alpha value is -3.42. The maximum atomic E-state index is 14.1. The minimum Gasteiger partial charge on any atom is -0.476 e. The number of aromatic carboxylic acids is 1. The van der Waals surface area contributed by atoms with Gasteiger partial charge < -0.3 is 14.9 Å². The van der Waals surface area contributed by atoms with Crippen LogP contribution in [0, 0.1) is 5.82 Å². The molecule has 29 heavy (non-hydrogen) atoms. The summed E-state index contributed by atoms with van der Waals surface area (Å²) in [5, 5.41) is 18.4. The van der Waals surface area contributed by atoms with E-state index in [-0.39, 0.29) is 11.5 Å². The fourth-order valence-electron chi connectivity index (χ4n) is 3.63. The predicted molar refractivity (Wildman–Crippen MR) is 109 cm³/mol. The van der Waals surface area contributed by atoms with Crippen LogP contribution < -0.4 is 9.80 Å². The van der Waals surface area contributed by atoms with Crippen LogP contribution in [0.2, 0.25) is 0 Å². The Bertz CT molecular complexity index is 1030. The molecule has 1 fully saturated rings. The number of para-hydroxylation sites is 2. The highest BCUT2D eigenvalue weighted by Gasteiger charge is 2.27. The molecule has 0 bridgehead atoms. The number of aromatic nitrogens is 3. The minimum atomic E-state index is -1.11. The molecule has 0 unspecified atom stereocenters. The highest BCUT2D eigenvalue weighted by Crippen LogP contribution is 2.24. The van der Waals surface area contributed by atoms with Crippen LogP contribution in [-0.2, 0) is 6.42 Å². The smallest absolute Gasteiger partial charge is 0.360 e. The van der Waals surface area contributed by atoms with Gasteiger partial charge in [-0.2, -0.15) is 0 Å². The van der Waals surface area contributed by atoms with Gasteiger partial charge in [0.2, 0.25) is 5.69 Å². The second-order valence-corrected chi connectivity index (χ2v) is 6.87. The Kier molecular flexibility index (Phi) is 5.16. The van der Waals surface area contributed by atoms with E-state index < -0.39 is 5.97 Å². The molecule has 0 amide bonds. The van der Waals surface area contributed by atoms with Crippen LogP contribution in [-0.4, -0.2) is 52.2 Å². The Morgan fingerprint density at radius 3 is 2.24 bits per heavy atom. The first kappa shape index (κ1) is 18.9. The van der Waals surface area contributed by atoms with Crippen molar-refractivity contribution in [1.82, 2.24) is 15.0 Å². The molecule has 7 nitrogen and oxygen atoms in total. The van der Waals surface area contributed by atoms with Crippen molar-refractivity contribution in [3.05, 3.63) is 65.6 Å². The van der Waals surface area contributed by atoms with E-state index in [1.807, 2.05) is 47.1 Å². The molecule has 0 atom stereocenters. The van der Waals surface area contributed by atoms with Gasteiger partial charge in [0.1, 0.15) is 5.82 Å². The summed E-state index contributed by atoms with van der Waals surface area (Å²) in [5.74, 6) is -1.03. The number of aryl methyl sites for hydroxylation is 1. The molecule has 1 aromatic heterocycles. The van der Waals surface area contributed by atoms with Gasteiger partial charge in [0.25, 0.3) is 0 Å². The third kappa shape index (κ3) is 3.65. The van der Waals surface area contributed by atoms with Crippen molar-refractivity contribution in [3.63, 3.8) is 0 Å². The molecule has 150 valence electrons. The highest BCUT2D eigenvalue weighted by molar-refractivity contribution is 5.91. The zero-order valence-corrected chi connectivity index (χ0v) is 16.1. The van der Waals surface area contributed by atoms with Crippen LogP contribution in [0.3, 0.4) is 0 Å². The maximum absolute atomic E-state index is 14.1. The SMILES string of the molecule is CCc1ccccc1-n1nc(C(=O)O)c(N2CCN(c3ccccc3F)CC2)n1. The summed E-state index contributed by atoms with van der Waals surface area (Å²) >= 11 is 0. The first-order chi connectivity index (χ1) is 14.1. The van der Waals surface area contributed by atoms with Gasteiger partial charge in [-0.15, -0.1) is 15.0 Å². The minimum absolute atomic E-state index is 0.0738. The van der Waals surface area contributed by atoms with E-state index in [1.54, 1.807) is 12.1 Å². The number of rotatable bonds is 5. The molecular weight excluding hydrogens is 373 g/mol. The van der Waals surface area contributed by atoms with Crippen LogP contribution in [0.25, 0.3) is 5.69 Å². The molecule has 2 aromatic carbocycles. The fourth-order valence-corrected chi connectivity index (χ4v) is 3.63. The summed E-state index contributed by atoms with van der Waals surface area (Å²) in [5.41, 5.74) is 2.30. The van der Waals surface area contributed by atoms with Gasteiger partial charge in [0.15, 0.2) is 5.82 Å². The number of hydrogen-bond acceptors (Lipinski definition) is 5. The van der Waals surface area contributed by atoms with Gasteiger partial charge in [-0.25, -0.2) is 9.18 Å². The molecule has 2 heterocycles. The molecule has 0 aliphatic carbocycles. The second-order valence-electron chi connectivity index (χ2n) is 6.87. The molecule has 1 N–H and O–H groups in total. The van der Waals surface area contributed by atoms with Gasteiger partial charge in [-0.3, -0.25) is 0 Å². The van der Waals surface area contributed by atoms with Gasteiger partial charge in [-0.05, 0) is 30.2 Å². The molecule has 1 aliphatic rings. The molecule has 1 saturated heterocycles. The Balaban J connectivity index is 1.60. The number of carbonyl (C=O) groups is 1. The lowest BCUT2D eigenvalue weighted by atomic mass is 10.1. The Labute approximate surface area is 168 Å². The number of hydrogen-bond donors (Lipinski definition) is 1. The van der Waals surface area contributed by atoms with Crippen LogP contribution in [0.1, 0.15) is 23.0 Å². The lowest BCUT2D eigenvalue weighted by molar-refractivity contribution is 0.0690. The van der Waals surface area contributed by atoms with E-state index >= 15 is 0 Å². The van der Waals surface area contributed by atoms with Crippen LogP contribution in [0.15, 0.2) is 48.5 Å². The summed E-state index contributed by atoms with van der Waals surface area (Å²) in [7, 11) is 0. The number of halogens is 1. The van der Waals surface area contributed by atoms with Crippen molar-refractivity contribution in [3.8, 4) is 5.69 Å². The second kappa shape index (κ2) is 7.90. The third-order valence-electron chi connectivity index (χ3n) is 5.16. The maximum Gasteiger partial charge on any atom is 0.360 e. The zero-order valence-electron chi connectivity index (χ0n) is 16.1. The monoisotopic (exact) mass is 395 g/mol. The first-order valence-electron chi connectivity index (χ1n) is 9.62. The van der Waals surface area contributed by atoms with E-state index in [2.05, 4.69) is 10.2 Å². The summed E-state index contributed by atoms with van der Waals surface area (Å²) < 4.78 is 14.1. The topological polar surface area (TPSA) is 74.5 Å². The Morgan fingerprint density at radius 2 is 1.59 bits per heavy atom. The summed E-state index contributed by atoms with van der Waals surface area (Å²) in [4.78, 5) is 17.1. The van der Waals surface area contributed by atoms with Gasteiger partial charge >= 0.3 is 5.97 Å². The van der Waals surface area contributed by atoms with Crippen LogP contribution in [0.5, 0.6) is 0 Å². The van der Waals surface area contributed by atoms with Crippen molar-refractivity contribution >= 4 is 17.5 Å². The third-order valence-corrected chi connectivity index (χ3v) is 5.16. The number of benzene rings is 2. The van der Waals surface area contributed by atoms with E-state index in [0.717, 1.165) is 17.7 Å². The Morgan fingerprint density at radius 1 is 0.966 bits per heavy atom. The summed E-state index contributed by atoms with van der Waals surface area (Å²) in [6.45, 7) is 4.23. The lowest BCUT2D eigenvalue weighted by Gasteiger charge is -2.36. The van der Waals surface area contributed by atoms with Crippen molar-refractivity contribution in [2.45, 2.75) is 13.3 Å². The molecule has 3 aromatic rings.